The van der Waals surface area contributed by atoms with Crippen LogP contribution in [0.15, 0.2) is 0 Å². The quantitative estimate of drug-likeness (QED) is 0.738. The second-order valence-electron chi connectivity index (χ2n) is 4.34. The summed E-state index contributed by atoms with van der Waals surface area (Å²) in [6, 6.07) is 0. The number of ether oxygens (including phenoxy) is 1. The number of hydrogen-bond acceptors (Lipinski definition) is 6. The normalized spacial score (nSPS) is 17.2. The van der Waals surface area contributed by atoms with E-state index >= 15 is 0 Å². The van der Waals surface area contributed by atoms with E-state index in [1.807, 2.05) is 18.7 Å². The molecule has 1 saturated heterocycles. The zero-order valence-electron chi connectivity index (χ0n) is 10.8. The first-order valence-electron chi connectivity index (χ1n) is 6.28. The molecule has 0 aliphatic carbocycles. The van der Waals surface area contributed by atoms with Crippen LogP contribution >= 0.6 is 11.8 Å². The monoisotopic (exact) mass is 271 g/mol. The van der Waals surface area contributed by atoms with Gasteiger partial charge in [0, 0.05) is 37.7 Å². The average molecular weight is 271 g/mol. The van der Waals surface area contributed by atoms with Gasteiger partial charge >= 0.3 is 0 Å². The molecule has 2 rings (SSSR count). The molecule has 0 radical (unpaired) electrons. The van der Waals surface area contributed by atoms with Crippen molar-refractivity contribution >= 4 is 11.8 Å². The predicted molar refractivity (Wildman–Crippen MR) is 72.4 cm³/mol. The Morgan fingerprint density at radius 3 is 2.89 bits per heavy atom. The smallest absolute Gasteiger partial charge is 0.141 e. The van der Waals surface area contributed by atoms with Crippen molar-refractivity contribution in [2.45, 2.75) is 20.2 Å². The van der Waals surface area contributed by atoms with Crippen molar-refractivity contribution in [1.29, 1.82) is 0 Å². The molecular formula is C11H21N5OS. The molecule has 2 heterocycles. The number of nitrogens with zero attached hydrogens (tertiary/aromatic N) is 4. The zero-order valence-corrected chi connectivity index (χ0v) is 11.7. The Hall–Kier alpha value is -0.630. The van der Waals surface area contributed by atoms with Crippen molar-refractivity contribution in [3.05, 3.63) is 11.4 Å². The van der Waals surface area contributed by atoms with Gasteiger partial charge in [-0.05, 0) is 6.92 Å². The molecule has 1 fully saturated rings. The first-order valence-corrected chi connectivity index (χ1v) is 7.43. The lowest BCUT2D eigenvalue weighted by Gasteiger charge is -2.25. The highest BCUT2D eigenvalue weighted by Gasteiger charge is 2.15. The summed E-state index contributed by atoms with van der Waals surface area (Å²) in [7, 11) is 0. The van der Waals surface area contributed by atoms with Crippen LogP contribution in [0, 0.1) is 6.92 Å². The van der Waals surface area contributed by atoms with E-state index in [4.69, 9.17) is 10.5 Å². The van der Waals surface area contributed by atoms with E-state index in [2.05, 4.69) is 15.2 Å². The van der Waals surface area contributed by atoms with Crippen LogP contribution in [0.25, 0.3) is 0 Å². The van der Waals surface area contributed by atoms with Crippen molar-refractivity contribution in [2.75, 3.05) is 37.7 Å². The van der Waals surface area contributed by atoms with Crippen LogP contribution in [0.5, 0.6) is 0 Å². The third kappa shape index (κ3) is 3.68. The van der Waals surface area contributed by atoms with Gasteiger partial charge in [0.25, 0.3) is 0 Å². The molecule has 1 aromatic rings. The molecule has 1 aliphatic rings. The molecule has 0 amide bonds. The number of rotatable bonds is 6. The highest BCUT2D eigenvalue weighted by atomic mass is 32.2. The molecule has 0 unspecified atom stereocenters. The maximum atomic E-state index is 5.38. The Balaban J connectivity index is 1.88. The SMILES string of the molecule is Cc1c(CN2CCSCC2)nnn1COCCN. The lowest BCUT2D eigenvalue weighted by atomic mass is 10.3. The molecule has 1 aromatic heterocycles. The summed E-state index contributed by atoms with van der Waals surface area (Å²) >= 11 is 2.02. The Morgan fingerprint density at radius 2 is 2.17 bits per heavy atom. The fourth-order valence-corrected chi connectivity index (χ4v) is 2.85. The number of hydrogen-bond donors (Lipinski definition) is 1. The molecule has 0 atom stereocenters. The van der Waals surface area contributed by atoms with E-state index in [0.717, 1.165) is 31.0 Å². The van der Waals surface area contributed by atoms with Crippen LogP contribution in [0.3, 0.4) is 0 Å². The van der Waals surface area contributed by atoms with Gasteiger partial charge in [0.15, 0.2) is 0 Å². The average Bonchev–Trinajstić information content (AvgIpc) is 2.73. The third-order valence-electron chi connectivity index (χ3n) is 3.03. The lowest BCUT2D eigenvalue weighted by molar-refractivity contribution is 0.0720. The van der Waals surface area contributed by atoms with Crippen molar-refractivity contribution in [3.63, 3.8) is 0 Å². The van der Waals surface area contributed by atoms with Gasteiger partial charge < -0.3 is 10.5 Å². The van der Waals surface area contributed by atoms with Gasteiger partial charge in [0.1, 0.15) is 6.73 Å². The first kappa shape index (κ1) is 13.8. The number of thioether (sulfide) groups is 1. The summed E-state index contributed by atoms with van der Waals surface area (Å²) in [5, 5.41) is 8.36. The van der Waals surface area contributed by atoms with E-state index in [-0.39, 0.29) is 0 Å². The molecule has 102 valence electrons. The van der Waals surface area contributed by atoms with E-state index in [1.165, 1.54) is 11.5 Å². The van der Waals surface area contributed by atoms with Crippen molar-refractivity contribution in [2.24, 2.45) is 5.73 Å². The standard InChI is InChI=1S/C11H21N5OS/c1-10-11(8-15-3-6-18-7-4-15)13-14-16(10)9-17-5-2-12/h2-9,12H2,1H3. The van der Waals surface area contributed by atoms with Gasteiger partial charge in [0.05, 0.1) is 18.0 Å². The summed E-state index contributed by atoms with van der Waals surface area (Å²) in [5.41, 5.74) is 7.52. The van der Waals surface area contributed by atoms with Gasteiger partial charge in [-0.1, -0.05) is 5.21 Å². The minimum atomic E-state index is 0.436. The van der Waals surface area contributed by atoms with Crippen molar-refractivity contribution in [1.82, 2.24) is 19.9 Å². The van der Waals surface area contributed by atoms with E-state index in [1.54, 1.807) is 4.68 Å². The Kier molecular flexibility index (Phi) is 5.43. The fourth-order valence-electron chi connectivity index (χ4n) is 1.87. The molecule has 7 heteroatoms. The van der Waals surface area contributed by atoms with Crippen LogP contribution in [0.2, 0.25) is 0 Å². The molecule has 1 aliphatic heterocycles. The molecule has 18 heavy (non-hydrogen) atoms. The largest absolute Gasteiger partial charge is 0.358 e. The fraction of sp³-hybridized carbons (Fsp3) is 0.818. The Morgan fingerprint density at radius 1 is 1.39 bits per heavy atom. The summed E-state index contributed by atoms with van der Waals surface area (Å²) in [5.74, 6) is 2.43. The number of nitrogens with two attached hydrogens (primary N) is 1. The maximum absolute atomic E-state index is 5.38. The summed E-state index contributed by atoms with van der Waals surface area (Å²) in [4.78, 5) is 2.43. The zero-order chi connectivity index (χ0) is 12.8. The van der Waals surface area contributed by atoms with Crippen LogP contribution in [0.1, 0.15) is 11.4 Å². The highest BCUT2D eigenvalue weighted by molar-refractivity contribution is 7.99. The molecule has 0 spiro atoms. The second kappa shape index (κ2) is 7.08. The summed E-state index contributed by atoms with van der Waals surface area (Å²) in [6.45, 7) is 6.74. The summed E-state index contributed by atoms with van der Waals surface area (Å²) in [6.07, 6.45) is 0. The minimum absolute atomic E-state index is 0.436. The first-order chi connectivity index (χ1) is 8.81. The lowest BCUT2D eigenvalue weighted by Crippen LogP contribution is -2.32. The van der Waals surface area contributed by atoms with Gasteiger partial charge in [-0.25, -0.2) is 4.68 Å². The molecule has 0 aromatic carbocycles. The highest BCUT2D eigenvalue weighted by Crippen LogP contribution is 2.13. The van der Waals surface area contributed by atoms with Crippen LogP contribution in [-0.4, -0.2) is 57.6 Å². The summed E-state index contributed by atoms with van der Waals surface area (Å²) < 4.78 is 7.17. The van der Waals surface area contributed by atoms with Crippen LogP contribution in [0.4, 0.5) is 0 Å². The van der Waals surface area contributed by atoms with E-state index in [0.29, 0.717) is 19.9 Å². The van der Waals surface area contributed by atoms with Gasteiger partial charge in [0.2, 0.25) is 0 Å². The Labute approximate surface area is 112 Å². The number of aromatic nitrogens is 3. The van der Waals surface area contributed by atoms with Gasteiger partial charge in [-0.3, -0.25) is 4.90 Å². The third-order valence-corrected chi connectivity index (χ3v) is 3.97. The maximum Gasteiger partial charge on any atom is 0.141 e. The topological polar surface area (TPSA) is 69.2 Å². The minimum Gasteiger partial charge on any atom is -0.358 e. The predicted octanol–water partition coefficient (Wildman–Crippen LogP) is 0.0681. The van der Waals surface area contributed by atoms with E-state index in [9.17, 15) is 0 Å². The molecule has 6 nitrogen and oxygen atoms in total. The molecule has 0 saturated carbocycles. The van der Waals surface area contributed by atoms with E-state index < -0.39 is 0 Å². The van der Waals surface area contributed by atoms with Crippen molar-refractivity contribution < 1.29 is 4.74 Å². The van der Waals surface area contributed by atoms with Crippen LogP contribution < -0.4 is 5.73 Å². The molecule has 2 N–H and O–H groups in total. The van der Waals surface area contributed by atoms with Crippen LogP contribution in [-0.2, 0) is 18.0 Å². The van der Waals surface area contributed by atoms with Gasteiger partial charge in [-0.2, -0.15) is 11.8 Å². The molecule has 0 bridgehead atoms. The second-order valence-corrected chi connectivity index (χ2v) is 5.56. The molecular weight excluding hydrogens is 250 g/mol. The van der Waals surface area contributed by atoms with Gasteiger partial charge in [-0.15, -0.1) is 5.10 Å². The Bertz CT molecular complexity index is 364. The van der Waals surface area contributed by atoms with Crippen molar-refractivity contribution in [3.8, 4) is 0 Å².